The van der Waals surface area contributed by atoms with Crippen molar-refractivity contribution in [3.05, 3.63) is 65.2 Å². The molecule has 19 heavy (non-hydrogen) atoms. The van der Waals surface area contributed by atoms with Gasteiger partial charge in [-0.15, -0.1) is 0 Å². The minimum Gasteiger partial charge on any atom is -0.399 e. The van der Waals surface area contributed by atoms with Crippen LogP contribution >= 0.6 is 0 Å². The Morgan fingerprint density at radius 3 is 2.58 bits per heavy atom. The standard InChI is InChI=1S/C17H20N2/c1-2-15-11-13-5-3-4-6-16(13)17(19-15)12-7-9-14(18)10-8-12/h3-10,15,17,19H,2,11,18H2,1H3. The van der Waals surface area contributed by atoms with E-state index in [0.29, 0.717) is 6.04 Å². The number of benzene rings is 2. The van der Waals surface area contributed by atoms with Crippen LogP contribution in [0, 0.1) is 0 Å². The lowest BCUT2D eigenvalue weighted by atomic mass is 9.86. The third kappa shape index (κ3) is 2.36. The second-order valence-corrected chi connectivity index (χ2v) is 5.27. The van der Waals surface area contributed by atoms with Crippen LogP contribution in [0.25, 0.3) is 0 Å². The Morgan fingerprint density at radius 2 is 1.84 bits per heavy atom. The Bertz CT molecular complexity index is 560. The lowest BCUT2D eigenvalue weighted by Gasteiger charge is -2.33. The average molecular weight is 252 g/mol. The molecule has 2 heteroatoms. The van der Waals surface area contributed by atoms with Gasteiger partial charge >= 0.3 is 0 Å². The zero-order chi connectivity index (χ0) is 13.2. The highest BCUT2D eigenvalue weighted by atomic mass is 15.0. The Hall–Kier alpha value is -1.80. The van der Waals surface area contributed by atoms with Gasteiger partial charge in [-0.25, -0.2) is 0 Å². The van der Waals surface area contributed by atoms with Gasteiger partial charge in [-0.3, -0.25) is 0 Å². The van der Waals surface area contributed by atoms with Crippen LogP contribution in [0.5, 0.6) is 0 Å². The van der Waals surface area contributed by atoms with Gasteiger partial charge in [0.2, 0.25) is 0 Å². The molecule has 0 aromatic heterocycles. The maximum atomic E-state index is 5.78. The first kappa shape index (κ1) is 12.2. The van der Waals surface area contributed by atoms with Crippen molar-refractivity contribution in [3.63, 3.8) is 0 Å². The number of fused-ring (bicyclic) bond motifs is 1. The summed E-state index contributed by atoms with van der Waals surface area (Å²) in [5.41, 5.74) is 10.8. The molecule has 0 saturated carbocycles. The lowest BCUT2D eigenvalue weighted by molar-refractivity contribution is 0.427. The van der Waals surface area contributed by atoms with E-state index in [4.69, 9.17) is 5.73 Å². The van der Waals surface area contributed by atoms with Crippen molar-refractivity contribution in [1.29, 1.82) is 0 Å². The zero-order valence-electron chi connectivity index (χ0n) is 11.3. The van der Waals surface area contributed by atoms with E-state index in [1.54, 1.807) is 0 Å². The van der Waals surface area contributed by atoms with Crippen LogP contribution in [0.4, 0.5) is 5.69 Å². The van der Waals surface area contributed by atoms with Gasteiger partial charge in [0.05, 0.1) is 6.04 Å². The molecular weight excluding hydrogens is 232 g/mol. The summed E-state index contributed by atoms with van der Waals surface area (Å²) in [6.07, 6.45) is 2.28. The molecule has 0 fully saturated rings. The molecule has 2 nitrogen and oxygen atoms in total. The minimum atomic E-state index is 0.287. The number of nitrogens with two attached hydrogens (primary N) is 1. The fraction of sp³-hybridized carbons (Fsp3) is 0.294. The number of hydrogen-bond acceptors (Lipinski definition) is 2. The van der Waals surface area contributed by atoms with Crippen LogP contribution in [0.15, 0.2) is 48.5 Å². The van der Waals surface area contributed by atoms with Gasteiger partial charge in [-0.1, -0.05) is 43.3 Å². The number of nitrogen functional groups attached to an aromatic ring is 1. The van der Waals surface area contributed by atoms with Gasteiger partial charge in [0.15, 0.2) is 0 Å². The second kappa shape index (κ2) is 5.06. The van der Waals surface area contributed by atoms with Crippen LogP contribution in [-0.2, 0) is 6.42 Å². The topological polar surface area (TPSA) is 38.0 Å². The summed E-state index contributed by atoms with van der Waals surface area (Å²) in [5, 5.41) is 3.75. The Balaban J connectivity index is 2.02. The van der Waals surface area contributed by atoms with Gasteiger partial charge < -0.3 is 11.1 Å². The summed E-state index contributed by atoms with van der Waals surface area (Å²) in [6, 6.07) is 17.8. The molecule has 1 aliphatic heterocycles. The van der Waals surface area contributed by atoms with E-state index in [-0.39, 0.29) is 6.04 Å². The van der Waals surface area contributed by atoms with Crippen LogP contribution in [0.2, 0.25) is 0 Å². The monoisotopic (exact) mass is 252 g/mol. The molecule has 1 heterocycles. The van der Waals surface area contributed by atoms with Crippen molar-refractivity contribution in [2.24, 2.45) is 0 Å². The molecule has 0 radical (unpaired) electrons. The molecule has 0 saturated heterocycles. The summed E-state index contributed by atoms with van der Waals surface area (Å²) in [5.74, 6) is 0. The van der Waals surface area contributed by atoms with Gasteiger partial charge in [-0.2, -0.15) is 0 Å². The molecule has 3 rings (SSSR count). The molecular formula is C17H20N2. The van der Waals surface area contributed by atoms with Crippen LogP contribution in [0.3, 0.4) is 0 Å². The molecule has 98 valence electrons. The molecule has 1 aliphatic rings. The lowest BCUT2D eigenvalue weighted by Crippen LogP contribution is -2.39. The summed E-state index contributed by atoms with van der Waals surface area (Å²) < 4.78 is 0. The number of hydrogen-bond donors (Lipinski definition) is 2. The molecule has 3 N–H and O–H groups in total. The van der Waals surface area contributed by atoms with E-state index in [1.807, 2.05) is 12.1 Å². The molecule has 2 atom stereocenters. The van der Waals surface area contributed by atoms with Gasteiger partial charge in [0, 0.05) is 11.7 Å². The van der Waals surface area contributed by atoms with Crippen molar-refractivity contribution in [2.75, 3.05) is 5.73 Å². The largest absolute Gasteiger partial charge is 0.399 e. The van der Waals surface area contributed by atoms with Crippen molar-refractivity contribution in [2.45, 2.75) is 31.8 Å². The summed E-state index contributed by atoms with van der Waals surface area (Å²) in [4.78, 5) is 0. The Labute approximate surface area is 114 Å². The molecule has 2 aromatic carbocycles. The molecule has 0 amide bonds. The number of anilines is 1. The minimum absolute atomic E-state index is 0.287. The molecule has 2 unspecified atom stereocenters. The van der Waals surface area contributed by atoms with Gasteiger partial charge in [0.25, 0.3) is 0 Å². The highest BCUT2D eigenvalue weighted by Crippen LogP contribution is 2.31. The smallest absolute Gasteiger partial charge is 0.0581 e. The van der Waals surface area contributed by atoms with E-state index in [0.717, 1.165) is 18.5 Å². The predicted molar refractivity (Wildman–Crippen MR) is 80.1 cm³/mol. The van der Waals surface area contributed by atoms with E-state index in [1.165, 1.54) is 16.7 Å². The second-order valence-electron chi connectivity index (χ2n) is 5.27. The Morgan fingerprint density at radius 1 is 1.11 bits per heavy atom. The molecule has 0 spiro atoms. The summed E-state index contributed by atoms with van der Waals surface area (Å²) in [6.45, 7) is 2.24. The maximum absolute atomic E-state index is 5.78. The SMILES string of the molecule is CCC1Cc2ccccc2C(c2ccc(N)cc2)N1. The van der Waals surface area contributed by atoms with E-state index >= 15 is 0 Å². The van der Waals surface area contributed by atoms with E-state index < -0.39 is 0 Å². The molecule has 0 aliphatic carbocycles. The predicted octanol–water partition coefficient (Wildman–Crippen LogP) is 3.28. The van der Waals surface area contributed by atoms with Crippen LogP contribution < -0.4 is 11.1 Å². The van der Waals surface area contributed by atoms with Crippen LogP contribution in [0.1, 0.15) is 36.1 Å². The Kier molecular flexibility index (Phi) is 3.26. The number of nitrogens with one attached hydrogen (secondary N) is 1. The van der Waals surface area contributed by atoms with Gasteiger partial charge in [0.1, 0.15) is 0 Å². The fourth-order valence-electron chi connectivity index (χ4n) is 2.88. The first-order chi connectivity index (χ1) is 9.28. The first-order valence-corrected chi connectivity index (χ1v) is 6.97. The first-order valence-electron chi connectivity index (χ1n) is 6.97. The molecule has 0 bridgehead atoms. The third-order valence-corrected chi connectivity index (χ3v) is 4.00. The zero-order valence-corrected chi connectivity index (χ0v) is 11.3. The average Bonchev–Trinajstić information content (AvgIpc) is 2.47. The quantitative estimate of drug-likeness (QED) is 0.805. The van der Waals surface area contributed by atoms with Crippen LogP contribution in [-0.4, -0.2) is 6.04 Å². The maximum Gasteiger partial charge on any atom is 0.0581 e. The van der Waals surface area contributed by atoms with Crippen molar-refractivity contribution in [3.8, 4) is 0 Å². The summed E-state index contributed by atoms with van der Waals surface area (Å²) >= 11 is 0. The normalized spacial score (nSPS) is 21.9. The van der Waals surface area contributed by atoms with E-state index in [9.17, 15) is 0 Å². The van der Waals surface area contributed by atoms with E-state index in [2.05, 4.69) is 48.6 Å². The highest BCUT2D eigenvalue weighted by Gasteiger charge is 2.25. The number of rotatable bonds is 2. The fourth-order valence-corrected chi connectivity index (χ4v) is 2.88. The van der Waals surface area contributed by atoms with Crippen molar-refractivity contribution >= 4 is 5.69 Å². The third-order valence-electron chi connectivity index (χ3n) is 4.00. The summed E-state index contributed by atoms with van der Waals surface area (Å²) in [7, 11) is 0. The van der Waals surface area contributed by atoms with Crippen molar-refractivity contribution < 1.29 is 0 Å². The highest BCUT2D eigenvalue weighted by molar-refractivity contribution is 5.45. The molecule has 2 aromatic rings. The van der Waals surface area contributed by atoms with Gasteiger partial charge in [-0.05, 0) is 41.7 Å². The van der Waals surface area contributed by atoms with Crippen molar-refractivity contribution in [1.82, 2.24) is 5.32 Å².